The fourth-order valence-electron chi connectivity index (χ4n) is 2.13. The molecule has 7 nitrogen and oxygen atoms in total. The standard InChI is InChI=1S/C13H18N2O5S/c1-8-7-20-9(6-16)5-15(8)13(19)14-11(12(17)18)10-3-2-4-21-10/h2-4,8-9,11,16H,5-7H2,1H3,(H,14,19)(H,17,18). The van der Waals surface area contributed by atoms with Crippen molar-refractivity contribution in [1.29, 1.82) is 0 Å². The van der Waals surface area contributed by atoms with Crippen molar-refractivity contribution in [2.24, 2.45) is 0 Å². The number of carboxylic acid groups (broad SMARTS) is 1. The number of carbonyl (C=O) groups excluding carboxylic acids is 1. The van der Waals surface area contributed by atoms with Gasteiger partial charge < -0.3 is 25.2 Å². The number of carboxylic acids is 1. The number of nitrogens with zero attached hydrogens (tertiary/aromatic N) is 1. The van der Waals surface area contributed by atoms with Gasteiger partial charge in [0.05, 0.1) is 31.9 Å². The zero-order valence-corrected chi connectivity index (χ0v) is 12.4. The van der Waals surface area contributed by atoms with Gasteiger partial charge in [0, 0.05) is 4.88 Å². The first-order valence-corrected chi connectivity index (χ1v) is 7.46. The number of aliphatic hydroxyl groups excluding tert-OH is 1. The quantitative estimate of drug-likeness (QED) is 0.758. The van der Waals surface area contributed by atoms with E-state index in [0.29, 0.717) is 11.5 Å². The van der Waals surface area contributed by atoms with Crippen LogP contribution >= 0.6 is 11.3 Å². The van der Waals surface area contributed by atoms with Crippen molar-refractivity contribution in [1.82, 2.24) is 10.2 Å². The van der Waals surface area contributed by atoms with Crippen LogP contribution in [0.5, 0.6) is 0 Å². The Morgan fingerprint density at radius 2 is 2.38 bits per heavy atom. The van der Waals surface area contributed by atoms with E-state index in [1.54, 1.807) is 17.5 Å². The Labute approximate surface area is 126 Å². The molecule has 1 aliphatic rings. The first-order valence-electron chi connectivity index (χ1n) is 6.58. The fraction of sp³-hybridized carbons (Fsp3) is 0.538. The van der Waals surface area contributed by atoms with Crippen LogP contribution in [0.25, 0.3) is 0 Å². The highest BCUT2D eigenvalue weighted by atomic mass is 32.1. The molecular weight excluding hydrogens is 296 g/mol. The molecule has 21 heavy (non-hydrogen) atoms. The number of aliphatic hydroxyl groups is 1. The summed E-state index contributed by atoms with van der Waals surface area (Å²) < 4.78 is 5.36. The third kappa shape index (κ3) is 3.72. The molecular formula is C13H18N2O5S. The number of morpholine rings is 1. The first-order chi connectivity index (χ1) is 10.0. The minimum absolute atomic E-state index is 0.175. The molecule has 0 aliphatic carbocycles. The zero-order chi connectivity index (χ0) is 15.4. The molecule has 1 fully saturated rings. The van der Waals surface area contributed by atoms with Crippen LogP contribution in [0.3, 0.4) is 0 Å². The Bertz CT molecular complexity index is 493. The number of amides is 2. The highest BCUT2D eigenvalue weighted by molar-refractivity contribution is 7.10. The molecule has 2 rings (SSSR count). The Morgan fingerprint density at radius 1 is 1.62 bits per heavy atom. The lowest BCUT2D eigenvalue weighted by molar-refractivity contribution is -0.139. The van der Waals surface area contributed by atoms with Gasteiger partial charge in [-0.2, -0.15) is 0 Å². The summed E-state index contributed by atoms with van der Waals surface area (Å²) in [4.78, 5) is 25.7. The van der Waals surface area contributed by atoms with Crippen LogP contribution in [0.1, 0.15) is 17.8 Å². The summed E-state index contributed by atoms with van der Waals surface area (Å²) in [6.07, 6.45) is -0.433. The molecule has 116 valence electrons. The minimum Gasteiger partial charge on any atom is -0.479 e. The normalized spacial score (nSPS) is 23.6. The SMILES string of the molecule is CC1COC(CO)CN1C(=O)NC(C(=O)O)c1cccs1. The van der Waals surface area contributed by atoms with Gasteiger partial charge in [0.1, 0.15) is 0 Å². The van der Waals surface area contributed by atoms with Crippen molar-refractivity contribution in [2.75, 3.05) is 19.8 Å². The lowest BCUT2D eigenvalue weighted by Crippen LogP contribution is -2.55. The van der Waals surface area contributed by atoms with Crippen LogP contribution in [-0.4, -0.2) is 59.0 Å². The molecule has 0 aromatic carbocycles. The van der Waals surface area contributed by atoms with Gasteiger partial charge in [-0.25, -0.2) is 9.59 Å². The lowest BCUT2D eigenvalue weighted by Gasteiger charge is -2.37. The van der Waals surface area contributed by atoms with Gasteiger partial charge >= 0.3 is 12.0 Å². The number of nitrogens with one attached hydrogen (secondary N) is 1. The molecule has 8 heteroatoms. The maximum Gasteiger partial charge on any atom is 0.331 e. The summed E-state index contributed by atoms with van der Waals surface area (Å²) in [6.45, 7) is 2.19. The molecule has 1 aromatic rings. The second-order valence-corrected chi connectivity index (χ2v) is 5.85. The molecule has 3 atom stereocenters. The average Bonchev–Trinajstić information content (AvgIpc) is 2.98. The molecule has 1 aromatic heterocycles. The van der Waals surface area contributed by atoms with E-state index in [1.807, 2.05) is 6.92 Å². The number of hydrogen-bond acceptors (Lipinski definition) is 5. The van der Waals surface area contributed by atoms with E-state index < -0.39 is 24.1 Å². The van der Waals surface area contributed by atoms with Crippen LogP contribution in [-0.2, 0) is 9.53 Å². The predicted molar refractivity (Wildman–Crippen MR) is 76.2 cm³/mol. The van der Waals surface area contributed by atoms with Crippen molar-refractivity contribution in [2.45, 2.75) is 25.1 Å². The Hall–Kier alpha value is -1.64. The van der Waals surface area contributed by atoms with Gasteiger partial charge in [0.25, 0.3) is 0 Å². The molecule has 1 saturated heterocycles. The summed E-state index contributed by atoms with van der Waals surface area (Å²) in [5.74, 6) is -1.11. The third-order valence-corrected chi connectivity index (χ3v) is 4.25. The van der Waals surface area contributed by atoms with Crippen molar-refractivity contribution >= 4 is 23.3 Å². The second kappa shape index (κ2) is 6.88. The van der Waals surface area contributed by atoms with E-state index in [-0.39, 0.29) is 19.2 Å². The lowest BCUT2D eigenvalue weighted by atomic mass is 10.2. The molecule has 1 aliphatic heterocycles. The Balaban J connectivity index is 2.06. The van der Waals surface area contributed by atoms with E-state index in [4.69, 9.17) is 9.84 Å². The summed E-state index contributed by atoms with van der Waals surface area (Å²) in [5, 5.41) is 22.7. The molecule has 0 saturated carbocycles. The molecule has 2 amide bonds. The van der Waals surface area contributed by atoms with Crippen molar-refractivity contribution in [3.05, 3.63) is 22.4 Å². The minimum atomic E-state index is -1.11. The summed E-state index contributed by atoms with van der Waals surface area (Å²) in [5.41, 5.74) is 0. The number of urea groups is 1. The van der Waals surface area contributed by atoms with Crippen LogP contribution in [0.4, 0.5) is 4.79 Å². The number of rotatable bonds is 4. The molecule has 0 spiro atoms. The number of thiophene rings is 1. The van der Waals surface area contributed by atoms with Crippen molar-refractivity contribution in [3.8, 4) is 0 Å². The van der Waals surface area contributed by atoms with Crippen LogP contribution in [0, 0.1) is 0 Å². The van der Waals surface area contributed by atoms with Gasteiger partial charge in [-0.1, -0.05) is 6.07 Å². The van der Waals surface area contributed by atoms with Crippen LogP contribution in [0.15, 0.2) is 17.5 Å². The van der Waals surface area contributed by atoms with Crippen molar-refractivity contribution < 1.29 is 24.5 Å². The third-order valence-electron chi connectivity index (χ3n) is 3.31. The largest absolute Gasteiger partial charge is 0.479 e. The average molecular weight is 314 g/mol. The van der Waals surface area contributed by atoms with Gasteiger partial charge in [-0.15, -0.1) is 11.3 Å². The van der Waals surface area contributed by atoms with E-state index in [0.717, 1.165) is 0 Å². The highest BCUT2D eigenvalue weighted by Gasteiger charge is 2.32. The van der Waals surface area contributed by atoms with Gasteiger partial charge in [-0.05, 0) is 18.4 Å². The predicted octanol–water partition coefficient (Wildman–Crippen LogP) is 0.665. The molecule has 3 unspecified atom stereocenters. The zero-order valence-electron chi connectivity index (χ0n) is 11.6. The van der Waals surface area contributed by atoms with Gasteiger partial charge in [-0.3, -0.25) is 0 Å². The molecule has 3 N–H and O–H groups in total. The smallest absolute Gasteiger partial charge is 0.331 e. The summed E-state index contributed by atoms with van der Waals surface area (Å²) in [6, 6.07) is 1.69. The summed E-state index contributed by atoms with van der Waals surface area (Å²) in [7, 11) is 0. The fourth-order valence-corrected chi connectivity index (χ4v) is 2.89. The topological polar surface area (TPSA) is 99.1 Å². The summed E-state index contributed by atoms with van der Waals surface area (Å²) >= 11 is 1.28. The molecule has 0 bridgehead atoms. The van der Waals surface area contributed by atoms with Crippen LogP contribution in [0.2, 0.25) is 0 Å². The molecule has 0 radical (unpaired) electrons. The van der Waals surface area contributed by atoms with Gasteiger partial charge in [0.15, 0.2) is 6.04 Å². The van der Waals surface area contributed by atoms with Crippen molar-refractivity contribution in [3.63, 3.8) is 0 Å². The highest BCUT2D eigenvalue weighted by Crippen LogP contribution is 2.20. The Morgan fingerprint density at radius 3 is 2.95 bits per heavy atom. The maximum absolute atomic E-state index is 12.3. The van der Waals surface area contributed by atoms with E-state index in [1.165, 1.54) is 16.2 Å². The van der Waals surface area contributed by atoms with E-state index >= 15 is 0 Å². The van der Waals surface area contributed by atoms with Crippen LogP contribution < -0.4 is 5.32 Å². The monoisotopic (exact) mass is 314 g/mol. The Kier molecular flexibility index (Phi) is 5.16. The number of ether oxygens (including phenoxy) is 1. The first kappa shape index (κ1) is 15.7. The second-order valence-electron chi connectivity index (χ2n) is 4.88. The maximum atomic E-state index is 12.3. The van der Waals surface area contributed by atoms with Gasteiger partial charge in [0.2, 0.25) is 0 Å². The number of hydrogen-bond donors (Lipinski definition) is 3. The molecule has 2 heterocycles. The van der Waals surface area contributed by atoms with E-state index in [9.17, 15) is 14.7 Å². The number of carbonyl (C=O) groups is 2. The number of aliphatic carboxylic acids is 1. The van der Waals surface area contributed by atoms with E-state index in [2.05, 4.69) is 5.32 Å².